The fraction of sp³-hybridized carbons (Fsp3) is 0.150. The van der Waals surface area contributed by atoms with Crippen molar-refractivity contribution in [2.24, 2.45) is 0 Å². The minimum atomic E-state index is -0.604. The number of rotatable bonds is 6. The van der Waals surface area contributed by atoms with E-state index in [-0.39, 0.29) is 28.6 Å². The number of halogens is 1. The molecule has 1 aromatic heterocycles. The molecule has 1 unspecified atom stereocenters. The highest BCUT2D eigenvalue weighted by Crippen LogP contribution is 2.24. The van der Waals surface area contributed by atoms with Crippen molar-refractivity contribution < 1.29 is 14.6 Å². The molecule has 0 saturated carbocycles. The third-order valence-corrected chi connectivity index (χ3v) is 4.54. The predicted octanol–water partition coefficient (Wildman–Crippen LogP) is 2.82. The Bertz CT molecular complexity index is 1040. The van der Waals surface area contributed by atoms with Crippen molar-refractivity contribution in [3.63, 3.8) is 0 Å². The van der Waals surface area contributed by atoms with Gasteiger partial charge in [0.1, 0.15) is 5.02 Å². The first-order valence-electron chi connectivity index (χ1n) is 8.44. The molecule has 0 aliphatic heterocycles. The Morgan fingerprint density at radius 1 is 1.21 bits per heavy atom. The molecule has 8 heteroatoms. The number of carbonyl (C=O) groups is 1. The fourth-order valence-electron chi connectivity index (χ4n) is 2.75. The lowest BCUT2D eigenvalue weighted by Crippen LogP contribution is -2.25. The van der Waals surface area contributed by atoms with Crippen molar-refractivity contribution in [2.75, 3.05) is 19.0 Å². The van der Waals surface area contributed by atoms with Crippen molar-refractivity contribution in [3.8, 4) is 5.69 Å². The van der Waals surface area contributed by atoms with Gasteiger partial charge in [-0.2, -0.15) is 9.78 Å². The number of nitrogens with zero attached hydrogens (tertiary/aromatic N) is 2. The molecule has 1 atom stereocenters. The van der Waals surface area contributed by atoms with Crippen LogP contribution in [0.25, 0.3) is 5.69 Å². The number of aliphatic hydroxyl groups is 1. The first-order chi connectivity index (χ1) is 13.6. The molecule has 2 N–H and O–H groups in total. The molecule has 3 aromatic rings. The summed E-state index contributed by atoms with van der Waals surface area (Å²) in [5.74, 6) is -0.591. The molecule has 0 aliphatic carbocycles. The Hall–Kier alpha value is -3.16. The van der Waals surface area contributed by atoms with Gasteiger partial charge < -0.3 is 15.2 Å². The second-order valence-electron chi connectivity index (χ2n) is 5.89. The van der Waals surface area contributed by atoms with Crippen LogP contribution in [0.5, 0.6) is 0 Å². The summed E-state index contributed by atoms with van der Waals surface area (Å²) in [4.78, 5) is 24.7. The maximum absolute atomic E-state index is 12.8. The van der Waals surface area contributed by atoms with Crippen molar-refractivity contribution in [1.82, 2.24) is 9.78 Å². The van der Waals surface area contributed by atoms with Crippen LogP contribution >= 0.6 is 11.6 Å². The number of hydrogen-bond donors (Lipinski definition) is 2. The zero-order valence-corrected chi connectivity index (χ0v) is 15.8. The summed E-state index contributed by atoms with van der Waals surface area (Å²) in [5.41, 5.74) is 0.957. The number of para-hydroxylation sites is 1. The van der Waals surface area contributed by atoms with Gasteiger partial charge in [0.2, 0.25) is 0 Å². The summed E-state index contributed by atoms with van der Waals surface area (Å²) in [7, 11) is 1.26. The lowest BCUT2D eigenvalue weighted by Gasteiger charge is -2.19. The lowest BCUT2D eigenvalue weighted by molar-refractivity contribution is 0.0600. The minimum Gasteiger partial charge on any atom is -0.465 e. The summed E-state index contributed by atoms with van der Waals surface area (Å²) in [6.45, 7) is -0.200. The first-order valence-corrected chi connectivity index (χ1v) is 8.82. The number of benzene rings is 2. The molecular weight excluding hydrogens is 382 g/mol. The standard InChI is InChI=1S/C20H18ClN3O4/c1-28-20(27)14-9-5-6-10-17(14)24-19(26)18(21)15(11-22-24)23-16(12-25)13-7-3-2-4-8-13/h2-11,16,23,25H,12H2,1H3. The van der Waals surface area contributed by atoms with Crippen LogP contribution in [-0.2, 0) is 4.74 Å². The molecule has 3 rings (SSSR count). The number of carbonyl (C=O) groups excluding carboxylic acids is 1. The van der Waals surface area contributed by atoms with Crippen LogP contribution in [-0.4, -0.2) is 34.6 Å². The zero-order chi connectivity index (χ0) is 20.1. The highest BCUT2D eigenvalue weighted by atomic mass is 35.5. The molecule has 0 amide bonds. The van der Waals surface area contributed by atoms with Gasteiger partial charge in [0.25, 0.3) is 5.56 Å². The van der Waals surface area contributed by atoms with Crippen LogP contribution in [0, 0.1) is 0 Å². The van der Waals surface area contributed by atoms with Crippen molar-refractivity contribution in [3.05, 3.63) is 87.3 Å². The molecule has 0 saturated heterocycles. The van der Waals surface area contributed by atoms with E-state index >= 15 is 0 Å². The van der Waals surface area contributed by atoms with Gasteiger partial charge in [-0.3, -0.25) is 4.79 Å². The van der Waals surface area contributed by atoms with E-state index in [1.165, 1.54) is 19.4 Å². The molecular formula is C20H18ClN3O4. The highest BCUT2D eigenvalue weighted by Gasteiger charge is 2.19. The first kappa shape index (κ1) is 19.6. The summed E-state index contributed by atoms with van der Waals surface area (Å²) in [6.07, 6.45) is 1.38. The summed E-state index contributed by atoms with van der Waals surface area (Å²) in [6, 6.07) is 15.2. The van der Waals surface area contributed by atoms with Crippen LogP contribution in [0.15, 0.2) is 65.6 Å². The smallest absolute Gasteiger partial charge is 0.340 e. The summed E-state index contributed by atoms with van der Waals surface area (Å²) < 4.78 is 5.79. The topological polar surface area (TPSA) is 93.5 Å². The molecule has 0 aliphatic rings. The van der Waals surface area contributed by atoms with Gasteiger partial charge in [-0.25, -0.2) is 4.79 Å². The molecule has 2 aromatic carbocycles. The molecule has 7 nitrogen and oxygen atoms in total. The van der Waals surface area contributed by atoms with E-state index in [0.717, 1.165) is 10.2 Å². The second-order valence-corrected chi connectivity index (χ2v) is 6.27. The Morgan fingerprint density at radius 3 is 2.57 bits per heavy atom. The number of esters is 1. The zero-order valence-electron chi connectivity index (χ0n) is 15.0. The predicted molar refractivity (Wildman–Crippen MR) is 106 cm³/mol. The number of aromatic nitrogens is 2. The van der Waals surface area contributed by atoms with Gasteiger partial charge in [-0.1, -0.05) is 54.1 Å². The third kappa shape index (κ3) is 3.90. The molecule has 144 valence electrons. The SMILES string of the molecule is COC(=O)c1ccccc1-n1ncc(NC(CO)c2ccccc2)c(Cl)c1=O. The monoisotopic (exact) mass is 399 g/mol. The number of nitrogens with one attached hydrogen (secondary N) is 1. The average Bonchev–Trinajstić information content (AvgIpc) is 2.75. The van der Waals surface area contributed by atoms with Gasteiger partial charge in [-0.05, 0) is 17.7 Å². The molecule has 0 radical (unpaired) electrons. The fourth-order valence-corrected chi connectivity index (χ4v) is 2.94. The molecule has 0 spiro atoms. The van der Waals surface area contributed by atoms with Crippen molar-refractivity contribution in [1.29, 1.82) is 0 Å². The van der Waals surface area contributed by atoms with Gasteiger partial charge in [0.05, 0.1) is 42.9 Å². The molecule has 0 bridgehead atoms. The van der Waals surface area contributed by atoms with E-state index in [0.29, 0.717) is 0 Å². The Labute approximate surface area is 166 Å². The van der Waals surface area contributed by atoms with Crippen LogP contribution in [0.2, 0.25) is 5.02 Å². The van der Waals surface area contributed by atoms with E-state index in [2.05, 4.69) is 10.4 Å². The van der Waals surface area contributed by atoms with Crippen molar-refractivity contribution in [2.45, 2.75) is 6.04 Å². The second kappa shape index (κ2) is 8.69. The summed E-state index contributed by atoms with van der Waals surface area (Å²) >= 11 is 6.27. The van der Waals surface area contributed by atoms with Crippen molar-refractivity contribution >= 4 is 23.3 Å². The number of anilines is 1. The van der Waals surface area contributed by atoms with Crippen LogP contribution in [0.4, 0.5) is 5.69 Å². The number of hydrogen-bond acceptors (Lipinski definition) is 6. The highest BCUT2D eigenvalue weighted by molar-refractivity contribution is 6.33. The lowest BCUT2D eigenvalue weighted by atomic mass is 10.1. The Morgan fingerprint density at radius 2 is 1.89 bits per heavy atom. The molecule has 0 fully saturated rings. The van der Waals surface area contributed by atoms with Gasteiger partial charge in [0.15, 0.2) is 0 Å². The summed E-state index contributed by atoms with van der Waals surface area (Å²) in [5, 5.41) is 16.8. The van der Waals surface area contributed by atoms with E-state index in [1.807, 2.05) is 30.3 Å². The normalized spacial score (nSPS) is 11.7. The number of ether oxygens (including phenoxy) is 1. The van der Waals surface area contributed by atoms with E-state index in [1.54, 1.807) is 18.2 Å². The third-order valence-electron chi connectivity index (χ3n) is 4.17. The van der Waals surface area contributed by atoms with Gasteiger partial charge in [0, 0.05) is 0 Å². The quantitative estimate of drug-likeness (QED) is 0.619. The largest absolute Gasteiger partial charge is 0.465 e. The van der Waals surface area contributed by atoms with Crippen LogP contribution < -0.4 is 10.9 Å². The minimum absolute atomic E-state index is 0.107. The van der Waals surface area contributed by atoms with Crippen LogP contribution in [0.3, 0.4) is 0 Å². The maximum Gasteiger partial charge on any atom is 0.340 e. The van der Waals surface area contributed by atoms with Crippen LogP contribution in [0.1, 0.15) is 22.0 Å². The Kier molecular flexibility index (Phi) is 6.08. The van der Waals surface area contributed by atoms with E-state index in [9.17, 15) is 14.7 Å². The number of methoxy groups -OCH3 is 1. The van der Waals surface area contributed by atoms with E-state index in [4.69, 9.17) is 16.3 Å². The Balaban J connectivity index is 1.99. The molecule has 1 heterocycles. The van der Waals surface area contributed by atoms with E-state index < -0.39 is 17.6 Å². The van der Waals surface area contributed by atoms with Gasteiger partial charge in [-0.15, -0.1) is 0 Å². The molecule has 28 heavy (non-hydrogen) atoms. The average molecular weight is 400 g/mol. The maximum atomic E-state index is 12.8. The van der Waals surface area contributed by atoms with Gasteiger partial charge >= 0.3 is 5.97 Å². The number of aliphatic hydroxyl groups excluding tert-OH is 1.